The van der Waals surface area contributed by atoms with Crippen LogP contribution in [0.25, 0.3) is 11.3 Å². The van der Waals surface area contributed by atoms with Gasteiger partial charge in [0, 0.05) is 0 Å². The van der Waals surface area contributed by atoms with Crippen LogP contribution >= 0.6 is 0 Å². The van der Waals surface area contributed by atoms with E-state index in [0.29, 0.717) is 11.6 Å². The van der Waals surface area contributed by atoms with Gasteiger partial charge in [0.25, 0.3) is 0 Å². The fourth-order valence-corrected chi connectivity index (χ4v) is 5.15. The van der Waals surface area contributed by atoms with Crippen molar-refractivity contribution in [2.45, 2.75) is 44.6 Å². The lowest BCUT2D eigenvalue weighted by Gasteiger charge is -2.34. The van der Waals surface area contributed by atoms with Crippen LogP contribution in [-0.2, 0) is 12.0 Å². The van der Waals surface area contributed by atoms with E-state index in [1.165, 1.54) is 18.2 Å². The van der Waals surface area contributed by atoms with Crippen molar-refractivity contribution < 1.29 is 18.3 Å². The van der Waals surface area contributed by atoms with Crippen LogP contribution in [0.5, 0.6) is 0 Å². The number of aromatic nitrogens is 4. The molecule has 1 N–H and O–H groups in total. The summed E-state index contributed by atoms with van der Waals surface area (Å²) in [5.41, 5.74) is 0.694. The second kappa shape index (κ2) is 5.64. The summed E-state index contributed by atoms with van der Waals surface area (Å²) in [6.07, 6.45) is 1.62. The first kappa shape index (κ1) is 17.4. The summed E-state index contributed by atoms with van der Waals surface area (Å²) < 4.78 is 34.2. The molecule has 2 heterocycles. The Morgan fingerprint density at radius 1 is 1.14 bits per heavy atom. The number of aliphatic hydroxyl groups is 1. The summed E-state index contributed by atoms with van der Waals surface area (Å²) in [6, 6.07) is 5.48. The number of rotatable bonds is 3. The zero-order chi connectivity index (χ0) is 19.7. The van der Waals surface area contributed by atoms with E-state index in [4.69, 9.17) is 4.42 Å². The second-order valence-electron chi connectivity index (χ2n) is 8.01. The van der Waals surface area contributed by atoms with Crippen LogP contribution < -0.4 is 0 Å². The third kappa shape index (κ3) is 1.98. The van der Waals surface area contributed by atoms with Crippen molar-refractivity contribution in [3.05, 3.63) is 58.9 Å². The van der Waals surface area contributed by atoms with Crippen molar-refractivity contribution in [2.75, 3.05) is 0 Å². The molecule has 2 aliphatic rings. The van der Waals surface area contributed by atoms with Crippen LogP contribution in [0.1, 0.15) is 55.6 Å². The molecule has 1 aromatic carbocycles. The van der Waals surface area contributed by atoms with Crippen LogP contribution in [-0.4, -0.2) is 25.5 Å². The van der Waals surface area contributed by atoms with E-state index in [9.17, 15) is 13.9 Å². The lowest BCUT2D eigenvalue weighted by molar-refractivity contribution is 0.188. The molecule has 2 aliphatic carbocycles. The first-order valence-corrected chi connectivity index (χ1v) is 9.16. The van der Waals surface area contributed by atoms with E-state index < -0.39 is 17.0 Å². The Labute approximate surface area is 159 Å². The van der Waals surface area contributed by atoms with Crippen LogP contribution in [0, 0.1) is 17.0 Å². The Bertz CT molecular complexity index is 1080. The first-order chi connectivity index (χ1) is 13.4. The summed E-state index contributed by atoms with van der Waals surface area (Å²) in [7, 11) is 0. The summed E-state index contributed by atoms with van der Waals surface area (Å²) in [6.45, 7) is 3.88. The molecule has 144 valence electrons. The number of aliphatic hydroxyl groups excluding tert-OH is 1. The van der Waals surface area contributed by atoms with Crippen molar-refractivity contribution in [3.63, 3.8) is 0 Å². The van der Waals surface area contributed by atoms with Gasteiger partial charge in [-0.2, -0.15) is 5.10 Å². The minimum atomic E-state index is -0.670. The first-order valence-electron chi connectivity index (χ1n) is 9.16. The molecule has 6 nitrogen and oxygen atoms in total. The molecule has 0 spiro atoms. The van der Waals surface area contributed by atoms with Gasteiger partial charge in [-0.15, -0.1) is 15.3 Å². The van der Waals surface area contributed by atoms with E-state index in [1.807, 2.05) is 0 Å². The largest absolute Gasteiger partial charge is 0.422 e. The summed E-state index contributed by atoms with van der Waals surface area (Å²) in [5.74, 6) is -0.667. The summed E-state index contributed by atoms with van der Waals surface area (Å²) >= 11 is 0. The number of nitrogens with zero attached hydrogens (tertiary/aromatic N) is 4. The average molecular weight is 384 g/mol. The predicted molar refractivity (Wildman–Crippen MR) is 94.1 cm³/mol. The summed E-state index contributed by atoms with van der Waals surface area (Å²) in [5, 5.41) is 25.9. The number of halogens is 2. The van der Waals surface area contributed by atoms with Gasteiger partial charge in [0.15, 0.2) is 0 Å². The molecule has 0 amide bonds. The normalized spacial score (nSPS) is 24.5. The number of hydrogen-bond donors (Lipinski definition) is 1. The number of fused-ring (bicyclic) bond motifs is 5. The van der Waals surface area contributed by atoms with Gasteiger partial charge in [0.2, 0.25) is 11.8 Å². The lowest BCUT2D eigenvalue weighted by atomic mass is 9.68. The Hall–Kier alpha value is -2.74. The average Bonchev–Trinajstić information content (AvgIpc) is 3.30. The van der Waals surface area contributed by atoms with Gasteiger partial charge in [-0.3, -0.25) is 0 Å². The fourth-order valence-electron chi connectivity index (χ4n) is 5.15. The van der Waals surface area contributed by atoms with Gasteiger partial charge in [0.1, 0.15) is 18.2 Å². The highest BCUT2D eigenvalue weighted by atomic mass is 19.1. The number of benzene rings is 1. The van der Waals surface area contributed by atoms with Crippen LogP contribution in [0.2, 0.25) is 0 Å². The molecule has 2 bridgehead atoms. The molecule has 8 heteroatoms. The smallest absolute Gasteiger partial charge is 0.241 e. The Morgan fingerprint density at radius 3 is 2.57 bits per heavy atom. The summed E-state index contributed by atoms with van der Waals surface area (Å²) in [4.78, 5) is 0. The zero-order valence-electron chi connectivity index (χ0n) is 15.4. The maximum Gasteiger partial charge on any atom is 0.241 e. The standard InChI is InChI=1S/C20H18F2N4O2/c1-19(2)11-6-7-20(19,18-26-24-15(9-27)28-18)17-10(11)8-14(23-25-17)16-12(21)4-3-5-13(16)22/h3-5,8,11,27H,6-7,9H2,1-2H3. The highest BCUT2D eigenvalue weighted by molar-refractivity contribution is 5.63. The SMILES string of the molecule is CC1(C)C2CCC1(c1nnc(CO)o1)c1nnc(-c3c(F)cccc3F)cc12. The molecule has 0 aliphatic heterocycles. The minimum Gasteiger partial charge on any atom is -0.422 e. The predicted octanol–water partition coefficient (Wildman–Crippen LogP) is 3.50. The van der Waals surface area contributed by atoms with E-state index in [2.05, 4.69) is 34.2 Å². The monoisotopic (exact) mass is 384 g/mol. The number of hydrogen-bond acceptors (Lipinski definition) is 6. The Kier molecular flexibility index (Phi) is 3.49. The van der Waals surface area contributed by atoms with Gasteiger partial charge in [-0.25, -0.2) is 8.78 Å². The van der Waals surface area contributed by atoms with Gasteiger partial charge in [-0.1, -0.05) is 19.9 Å². The van der Waals surface area contributed by atoms with E-state index in [1.54, 1.807) is 6.07 Å². The Morgan fingerprint density at radius 2 is 1.89 bits per heavy atom. The van der Waals surface area contributed by atoms with Gasteiger partial charge >= 0.3 is 0 Å². The molecule has 0 radical (unpaired) electrons. The quantitative estimate of drug-likeness (QED) is 0.744. The van der Waals surface area contributed by atoms with Gasteiger partial charge in [0.05, 0.1) is 22.4 Å². The molecule has 1 fully saturated rings. The molecule has 2 atom stereocenters. The lowest BCUT2D eigenvalue weighted by Crippen LogP contribution is -2.37. The zero-order valence-corrected chi connectivity index (χ0v) is 15.4. The maximum absolute atomic E-state index is 14.2. The van der Waals surface area contributed by atoms with Crippen LogP contribution in [0.3, 0.4) is 0 Å². The second-order valence-corrected chi connectivity index (χ2v) is 8.01. The molecule has 0 saturated heterocycles. The molecule has 1 saturated carbocycles. The van der Waals surface area contributed by atoms with Gasteiger partial charge < -0.3 is 9.52 Å². The minimum absolute atomic E-state index is 0.121. The topological polar surface area (TPSA) is 84.9 Å². The van der Waals surface area contributed by atoms with Crippen molar-refractivity contribution >= 4 is 0 Å². The molecule has 2 unspecified atom stereocenters. The fraction of sp³-hybridized carbons (Fsp3) is 0.400. The molecule has 3 aromatic rings. The molecular weight excluding hydrogens is 366 g/mol. The van der Waals surface area contributed by atoms with Gasteiger partial charge in [-0.05, 0) is 47.9 Å². The van der Waals surface area contributed by atoms with E-state index in [0.717, 1.165) is 18.4 Å². The molecule has 2 aromatic heterocycles. The van der Waals surface area contributed by atoms with Crippen molar-refractivity contribution in [1.29, 1.82) is 0 Å². The van der Waals surface area contributed by atoms with Crippen molar-refractivity contribution in [2.24, 2.45) is 5.41 Å². The van der Waals surface area contributed by atoms with Crippen molar-refractivity contribution in [3.8, 4) is 11.3 Å². The third-order valence-corrected chi connectivity index (χ3v) is 6.57. The molecule has 28 heavy (non-hydrogen) atoms. The highest BCUT2D eigenvalue weighted by Crippen LogP contribution is 2.69. The van der Waals surface area contributed by atoms with Crippen molar-refractivity contribution in [1.82, 2.24) is 20.4 Å². The molecule has 5 rings (SSSR count). The Balaban J connectivity index is 1.71. The highest BCUT2D eigenvalue weighted by Gasteiger charge is 2.67. The maximum atomic E-state index is 14.2. The molecular formula is C20H18F2N4O2. The van der Waals surface area contributed by atoms with E-state index in [-0.39, 0.29) is 35.1 Å². The third-order valence-electron chi connectivity index (χ3n) is 6.57. The van der Waals surface area contributed by atoms with Crippen LogP contribution in [0.15, 0.2) is 28.7 Å². The van der Waals surface area contributed by atoms with Crippen LogP contribution in [0.4, 0.5) is 8.78 Å². The van der Waals surface area contributed by atoms with E-state index >= 15 is 0 Å².